The number of hydrogen-bond donors (Lipinski definition) is 0. The second kappa shape index (κ2) is 7.81. The third-order valence-corrected chi connectivity index (χ3v) is 6.72. The van der Waals surface area contributed by atoms with Crippen LogP contribution in [0.1, 0.15) is 6.42 Å². The van der Waals surface area contributed by atoms with Crippen LogP contribution in [0.2, 0.25) is 0 Å². The molecule has 2 aromatic carbocycles. The smallest absolute Gasteiger partial charge is 0.251 e. The summed E-state index contributed by atoms with van der Waals surface area (Å²) in [6.45, 7) is 2.53. The number of anilines is 2. The molecule has 30 heavy (non-hydrogen) atoms. The summed E-state index contributed by atoms with van der Waals surface area (Å²) in [6.07, 6.45) is 1.29. The van der Waals surface area contributed by atoms with Crippen LogP contribution >= 0.6 is 0 Å². The summed E-state index contributed by atoms with van der Waals surface area (Å²) in [4.78, 5) is 30.9. The number of hydrogen-bond acceptors (Lipinski definition) is 6. The highest BCUT2D eigenvalue weighted by atomic mass is 32.2. The van der Waals surface area contributed by atoms with Crippen molar-refractivity contribution in [1.82, 2.24) is 4.90 Å². The maximum Gasteiger partial charge on any atom is 0.251 e. The first kappa shape index (κ1) is 20.5. The minimum atomic E-state index is -3.23. The molecule has 0 saturated carbocycles. The Balaban J connectivity index is 1.41. The number of imide groups is 1. The second-order valence-electron chi connectivity index (χ2n) is 7.55. The van der Waals surface area contributed by atoms with Crippen molar-refractivity contribution in [2.45, 2.75) is 17.4 Å². The fourth-order valence-electron chi connectivity index (χ4n) is 3.96. The highest BCUT2D eigenvalue weighted by Gasteiger charge is 2.43. The SMILES string of the molecule is CS(=O)(=O)c1ccc(N2CCN(C3CC(=O)N(c4ccc(F)cc4)C3=O)CC2)cc1. The Hall–Kier alpha value is -2.78. The van der Waals surface area contributed by atoms with E-state index in [2.05, 4.69) is 4.90 Å². The Morgan fingerprint density at radius 1 is 0.867 bits per heavy atom. The van der Waals surface area contributed by atoms with Crippen LogP contribution in [-0.4, -0.2) is 63.6 Å². The van der Waals surface area contributed by atoms with Gasteiger partial charge in [0.1, 0.15) is 5.82 Å². The van der Waals surface area contributed by atoms with Gasteiger partial charge in [0.05, 0.1) is 23.0 Å². The Morgan fingerprint density at radius 2 is 1.43 bits per heavy atom. The van der Waals surface area contributed by atoms with E-state index in [1.54, 1.807) is 24.3 Å². The van der Waals surface area contributed by atoms with Crippen LogP contribution in [0.4, 0.5) is 15.8 Å². The summed E-state index contributed by atoms with van der Waals surface area (Å²) in [6, 6.07) is 11.6. The van der Waals surface area contributed by atoms with Crippen molar-refractivity contribution in [2.24, 2.45) is 0 Å². The van der Waals surface area contributed by atoms with Gasteiger partial charge in [-0.2, -0.15) is 0 Å². The van der Waals surface area contributed by atoms with E-state index in [9.17, 15) is 22.4 Å². The topological polar surface area (TPSA) is 78.0 Å². The number of carbonyl (C=O) groups is 2. The van der Waals surface area contributed by atoms with Crippen LogP contribution in [0.3, 0.4) is 0 Å². The third-order valence-electron chi connectivity index (χ3n) is 5.59. The van der Waals surface area contributed by atoms with E-state index in [0.29, 0.717) is 31.9 Å². The molecule has 0 aromatic heterocycles. The molecule has 1 unspecified atom stereocenters. The molecule has 2 saturated heterocycles. The van der Waals surface area contributed by atoms with Crippen LogP contribution in [0.15, 0.2) is 53.4 Å². The van der Waals surface area contributed by atoms with Gasteiger partial charge in [0.2, 0.25) is 5.91 Å². The summed E-state index contributed by atoms with van der Waals surface area (Å²) in [5.41, 5.74) is 1.31. The van der Waals surface area contributed by atoms with E-state index in [-0.39, 0.29) is 23.1 Å². The van der Waals surface area contributed by atoms with Crippen molar-refractivity contribution in [2.75, 3.05) is 42.2 Å². The van der Waals surface area contributed by atoms with Crippen molar-refractivity contribution < 1.29 is 22.4 Å². The van der Waals surface area contributed by atoms with E-state index >= 15 is 0 Å². The number of nitrogens with zero attached hydrogens (tertiary/aromatic N) is 3. The predicted octanol–water partition coefficient (Wildman–Crippen LogP) is 1.68. The molecule has 4 rings (SSSR count). The van der Waals surface area contributed by atoms with Gasteiger partial charge in [-0.15, -0.1) is 0 Å². The van der Waals surface area contributed by atoms with E-state index in [1.165, 1.54) is 30.5 Å². The molecule has 0 radical (unpaired) electrons. The molecule has 2 aliphatic rings. The number of piperazine rings is 1. The van der Waals surface area contributed by atoms with Gasteiger partial charge in [-0.05, 0) is 48.5 Å². The maximum atomic E-state index is 13.2. The first-order chi connectivity index (χ1) is 14.2. The van der Waals surface area contributed by atoms with Gasteiger partial charge >= 0.3 is 0 Å². The summed E-state index contributed by atoms with van der Waals surface area (Å²) in [5, 5.41) is 0. The summed E-state index contributed by atoms with van der Waals surface area (Å²) in [5.74, 6) is -0.983. The number of halogens is 1. The second-order valence-corrected chi connectivity index (χ2v) is 9.57. The lowest BCUT2D eigenvalue weighted by Gasteiger charge is -2.38. The molecule has 2 aromatic rings. The molecular weight excluding hydrogens is 409 g/mol. The fraction of sp³-hybridized carbons (Fsp3) is 0.333. The van der Waals surface area contributed by atoms with E-state index in [1.807, 2.05) is 4.90 Å². The quantitative estimate of drug-likeness (QED) is 0.686. The van der Waals surface area contributed by atoms with Gasteiger partial charge in [-0.3, -0.25) is 14.5 Å². The average molecular weight is 431 g/mol. The van der Waals surface area contributed by atoms with Crippen LogP contribution < -0.4 is 9.80 Å². The minimum Gasteiger partial charge on any atom is -0.369 e. The zero-order chi connectivity index (χ0) is 21.5. The fourth-order valence-corrected chi connectivity index (χ4v) is 4.59. The van der Waals surface area contributed by atoms with Gasteiger partial charge in [0.15, 0.2) is 9.84 Å². The van der Waals surface area contributed by atoms with Gasteiger partial charge in [0, 0.05) is 38.1 Å². The van der Waals surface area contributed by atoms with Crippen molar-refractivity contribution in [3.63, 3.8) is 0 Å². The van der Waals surface area contributed by atoms with E-state index in [0.717, 1.165) is 10.6 Å². The average Bonchev–Trinajstić information content (AvgIpc) is 3.02. The molecule has 2 heterocycles. The Bertz CT molecular complexity index is 1060. The van der Waals surface area contributed by atoms with Crippen molar-refractivity contribution in [3.8, 4) is 0 Å². The van der Waals surface area contributed by atoms with Crippen molar-refractivity contribution in [1.29, 1.82) is 0 Å². The number of carbonyl (C=O) groups excluding carboxylic acids is 2. The largest absolute Gasteiger partial charge is 0.369 e. The number of rotatable bonds is 4. The van der Waals surface area contributed by atoms with E-state index < -0.39 is 21.7 Å². The van der Waals surface area contributed by atoms with Gasteiger partial charge in [-0.25, -0.2) is 17.7 Å². The first-order valence-corrected chi connectivity index (χ1v) is 11.5. The monoisotopic (exact) mass is 431 g/mol. The zero-order valence-electron chi connectivity index (χ0n) is 16.5. The molecule has 0 spiro atoms. The molecule has 7 nitrogen and oxygen atoms in total. The van der Waals surface area contributed by atoms with Crippen LogP contribution in [-0.2, 0) is 19.4 Å². The Morgan fingerprint density at radius 3 is 2.00 bits per heavy atom. The van der Waals surface area contributed by atoms with Crippen molar-refractivity contribution in [3.05, 3.63) is 54.3 Å². The normalized spacial score (nSPS) is 20.8. The highest BCUT2D eigenvalue weighted by molar-refractivity contribution is 7.90. The third kappa shape index (κ3) is 3.95. The molecular formula is C21H22FN3O4S. The Kier molecular flexibility index (Phi) is 5.33. The molecule has 0 N–H and O–H groups in total. The Labute approximate surface area is 174 Å². The molecule has 1 atom stereocenters. The van der Waals surface area contributed by atoms with Crippen LogP contribution in [0.25, 0.3) is 0 Å². The van der Waals surface area contributed by atoms with Gasteiger partial charge < -0.3 is 4.90 Å². The lowest BCUT2D eigenvalue weighted by molar-refractivity contribution is -0.123. The summed E-state index contributed by atoms with van der Waals surface area (Å²) in [7, 11) is -3.23. The number of amides is 2. The highest BCUT2D eigenvalue weighted by Crippen LogP contribution is 2.27. The lowest BCUT2D eigenvalue weighted by atomic mass is 10.1. The molecule has 2 fully saturated rings. The number of sulfone groups is 1. The minimum absolute atomic E-state index is 0.110. The molecule has 9 heteroatoms. The molecule has 2 amide bonds. The molecule has 158 valence electrons. The van der Waals surface area contributed by atoms with Crippen molar-refractivity contribution >= 4 is 33.0 Å². The zero-order valence-corrected chi connectivity index (χ0v) is 17.3. The van der Waals surface area contributed by atoms with Gasteiger partial charge in [0.25, 0.3) is 5.91 Å². The molecule has 0 aliphatic carbocycles. The number of benzene rings is 2. The maximum absolute atomic E-state index is 13.2. The van der Waals surface area contributed by atoms with Gasteiger partial charge in [-0.1, -0.05) is 0 Å². The molecule has 2 aliphatic heterocycles. The van der Waals surface area contributed by atoms with Crippen LogP contribution in [0, 0.1) is 5.82 Å². The standard InChI is InChI=1S/C21H22FN3O4S/c1-30(28,29)18-8-6-16(7-9-18)23-10-12-24(13-11-23)19-14-20(26)25(21(19)27)17-4-2-15(22)3-5-17/h2-9,19H,10-14H2,1H3. The van der Waals surface area contributed by atoms with Crippen LogP contribution in [0.5, 0.6) is 0 Å². The molecule has 0 bridgehead atoms. The first-order valence-electron chi connectivity index (χ1n) is 9.65. The predicted molar refractivity (Wildman–Crippen MR) is 111 cm³/mol. The van der Waals surface area contributed by atoms with E-state index in [4.69, 9.17) is 0 Å². The summed E-state index contributed by atoms with van der Waals surface area (Å²) < 4.78 is 36.4. The summed E-state index contributed by atoms with van der Waals surface area (Å²) >= 11 is 0. The lowest BCUT2D eigenvalue weighted by Crippen LogP contribution is -2.52.